The molecule has 0 aliphatic heterocycles. The molecule has 0 aliphatic carbocycles. The second kappa shape index (κ2) is 8.33. The molecule has 0 unspecified atom stereocenters. The summed E-state index contributed by atoms with van der Waals surface area (Å²) in [7, 11) is -2.18. The number of ether oxygens (including phenoxy) is 1. The summed E-state index contributed by atoms with van der Waals surface area (Å²) in [5.41, 5.74) is 1.72. The van der Waals surface area contributed by atoms with Crippen LogP contribution in [0.25, 0.3) is 4.83 Å². The molecular formula is C15H15N2NaO3S. The van der Waals surface area contributed by atoms with Gasteiger partial charge in [0.15, 0.2) is 0 Å². The third-order valence-electron chi connectivity index (χ3n) is 2.80. The van der Waals surface area contributed by atoms with Crippen LogP contribution in [0, 0.1) is 6.92 Å². The van der Waals surface area contributed by atoms with E-state index >= 15 is 0 Å². The smallest absolute Gasteiger partial charge is 0.497 e. The minimum atomic E-state index is -3.76. The zero-order chi connectivity index (χ0) is 15.3. The topological polar surface area (TPSA) is 69.8 Å². The number of rotatable bonds is 5. The van der Waals surface area contributed by atoms with Gasteiger partial charge in [0.2, 0.25) is 0 Å². The van der Waals surface area contributed by atoms with E-state index in [1.54, 1.807) is 43.5 Å². The van der Waals surface area contributed by atoms with E-state index in [0.717, 1.165) is 16.9 Å². The number of hydrogen-bond acceptors (Lipinski definition) is 4. The quantitative estimate of drug-likeness (QED) is 0.445. The Kier molecular flexibility index (Phi) is 7.09. The van der Waals surface area contributed by atoms with Gasteiger partial charge in [0.25, 0.3) is 0 Å². The van der Waals surface area contributed by atoms with Crippen molar-refractivity contribution in [3.8, 4) is 5.75 Å². The summed E-state index contributed by atoms with van der Waals surface area (Å²) in [5, 5.41) is 3.64. The summed E-state index contributed by atoms with van der Waals surface area (Å²) < 4.78 is 28.9. The third kappa shape index (κ3) is 5.14. The monoisotopic (exact) mass is 326 g/mol. The van der Waals surface area contributed by atoms with Crippen LogP contribution in [0.3, 0.4) is 0 Å². The molecule has 5 nitrogen and oxygen atoms in total. The molecule has 0 spiro atoms. The molecule has 0 saturated carbocycles. The first-order valence-electron chi connectivity index (χ1n) is 6.22. The first kappa shape index (κ1) is 18.7. The van der Waals surface area contributed by atoms with E-state index in [2.05, 4.69) is 9.93 Å². The Bertz CT molecular complexity index is 726. The molecule has 110 valence electrons. The maximum Gasteiger partial charge on any atom is 1.00 e. The van der Waals surface area contributed by atoms with E-state index < -0.39 is 10.0 Å². The second-order valence-electron chi connectivity index (χ2n) is 4.39. The molecule has 0 atom stereocenters. The van der Waals surface area contributed by atoms with Crippen LogP contribution in [0.1, 0.15) is 11.1 Å². The summed E-state index contributed by atoms with van der Waals surface area (Å²) in [4.78, 5) is 3.53. The van der Waals surface area contributed by atoms with Gasteiger partial charge in [0.1, 0.15) is 15.8 Å². The van der Waals surface area contributed by atoms with Crippen molar-refractivity contribution < 1.29 is 42.7 Å². The number of benzene rings is 2. The van der Waals surface area contributed by atoms with Gasteiger partial charge in [-0.3, -0.25) is 0 Å². The minimum Gasteiger partial charge on any atom is -0.497 e. The van der Waals surface area contributed by atoms with E-state index in [1.165, 1.54) is 18.3 Å². The van der Waals surface area contributed by atoms with Crippen LogP contribution in [-0.2, 0) is 10.0 Å². The SMILES string of the molecule is COc1ccc(/C=N/[N-]S(=O)(=O)c2ccc(C)cc2)cc1.[Na+]. The maximum absolute atomic E-state index is 11.9. The molecule has 7 heteroatoms. The van der Waals surface area contributed by atoms with Gasteiger partial charge < -0.3 is 14.7 Å². The van der Waals surface area contributed by atoms with Gasteiger partial charge in [-0.25, -0.2) is 8.42 Å². The average molecular weight is 326 g/mol. The van der Waals surface area contributed by atoms with Gasteiger partial charge in [0.05, 0.1) is 12.0 Å². The van der Waals surface area contributed by atoms with Crippen LogP contribution in [0.5, 0.6) is 5.75 Å². The number of methoxy groups -OCH3 is 1. The fourth-order valence-electron chi connectivity index (χ4n) is 1.60. The van der Waals surface area contributed by atoms with E-state index in [4.69, 9.17) is 4.74 Å². The zero-order valence-corrected chi connectivity index (χ0v) is 15.5. The second-order valence-corrected chi connectivity index (χ2v) is 5.97. The largest absolute Gasteiger partial charge is 1.00 e. The molecule has 0 amide bonds. The fourth-order valence-corrected chi connectivity index (χ4v) is 2.35. The summed E-state index contributed by atoms with van der Waals surface area (Å²) in [6.45, 7) is 1.88. The standard InChI is InChI=1S/C15H15N2O3S.Na/c1-12-3-9-15(10-4-12)21(18,19)17-16-11-13-5-7-14(20-2)8-6-13;/h3-11H,1-2H3;/q-1;+1/b16-11+;. The van der Waals surface area contributed by atoms with Gasteiger partial charge in [-0.15, -0.1) is 0 Å². The molecule has 0 aromatic heterocycles. The van der Waals surface area contributed by atoms with Crippen molar-refractivity contribution in [2.75, 3.05) is 7.11 Å². The maximum atomic E-state index is 11.9. The van der Waals surface area contributed by atoms with Crippen molar-refractivity contribution in [3.63, 3.8) is 0 Å². The molecule has 0 fully saturated rings. The van der Waals surface area contributed by atoms with Gasteiger partial charge in [-0.1, -0.05) is 17.7 Å². The molecule has 0 heterocycles. The average Bonchev–Trinajstić information content (AvgIpc) is 2.48. The van der Waals surface area contributed by atoms with E-state index in [1.807, 2.05) is 6.92 Å². The Labute approximate surface area is 152 Å². The van der Waals surface area contributed by atoms with Crippen LogP contribution in [0.15, 0.2) is 58.5 Å². The Morgan fingerprint density at radius 2 is 1.64 bits per heavy atom. The molecule has 0 aliphatic rings. The van der Waals surface area contributed by atoms with Crippen LogP contribution in [-0.4, -0.2) is 21.7 Å². The van der Waals surface area contributed by atoms with Crippen molar-refractivity contribution in [2.45, 2.75) is 11.8 Å². The summed E-state index contributed by atoms with van der Waals surface area (Å²) in [6, 6.07) is 13.5. The number of sulfonamides is 1. The summed E-state index contributed by atoms with van der Waals surface area (Å²) in [5.74, 6) is 0.719. The Balaban J connectivity index is 0.00000242. The number of aryl methyl sites for hydroxylation is 1. The number of hydrogen-bond donors (Lipinski definition) is 0. The normalized spacial score (nSPS) is 11.0. The van der Waals surface area contributed by atoms with E-state index in [-0.39, 0.29) is 34.5 Å². The molecule has 0 bridgehead atoms. The van der Waals surface area contributed by atoms with E-state index in [0.29, 0.717) is 0 Å². The van der Waals surface area contributed by atoms with Gasteiger partial charge in [-0.05, 0) is 48.9 Å². The minimum absolute atomic E-state index is 0. The predicted octanol–water partition coefficient (Wildman–Crippen LogP) is 0.104. The van der Waals surface area contributed by atoms with Crippen LogP contribution in [0.2, 0.25) is 0 Å². The molecule has 0 N–H and O–H groups in total. The summed E-state index contributed by atoms with van der Waals surface area (Å²) >= 11 is 0. The van der Waals surface area contributed by atoms with Crippen molar-refractivity contribution >= 4 is 16.2 Å². The Hall–Kier alpha value is -1.34. The van der Waals surface area contributed by atoms with Crippen molar-refractivity contribution in [2.24, 2.45) is 5.10 Å². The van der Waals surface area contributed by atoms with Crippen molar-refractivity contribution in [1.82, 2.24) is 0 Å². The van der Waals surface area contributed by atoms with Crippen LogP contribution < -0.4 is 34.3 Å². The number of nitrogens with zero attached hydrogens (tertiary/aromatic N) is 2. The molecule has 2 aromatic carbocycles. The molecule has 22 heavy (non-hydrogen) atoms. The summed E-state index contributed by atoms with van der Waals surface area (Å²) in [6.07, 6.45) is 1.38. The fraction of sp³-hybridized carbons (Fsp3) is 0.133. The Morgan fingerprint density at radius 3 is 2.18 bits per heavy atom. The molecule has 0 saturated heterocycles. The van der Waals surface area contributed by atoms with Crippen molar-refractivity contribution in [1.29, 1.82) is 0 Å². The molecule has 0 radical (unpaired) electrons. The Morgan fingerprint density at radius 1 is 1.05 bits per heavy atom. The van der Waals surface area contributed by atoms with Crippen LogP contribution in [0.4, 0.5) is 0 Å². The third-order valence-corrected chi connectivity index (χ3v) is 3.97. The molecule has 2 rings (SSSR count). The molecular weight excluding hydrogens is 311 g/mol. The van der Waals surface area contributed by atoms with E-state index in [9.17, 15) is 8.42 Å². The van der Waals surface area contributed by atoms with Gasteiger partial charge in [0, 0.05) is 6.21 Å². The first-order chi connectivity index (χ1) is 10.0. The van der Waals surface area contributed by atoms with Crippen molar-refractivity contribution in [3.05, 3.63) is 64.5 Å². The van der Waals surface area contributed by atoms with Crippen LogP contribution >= 0.6 is 0 Å². The van der Waals surface area contributed by atoms with Gasteiger partial charge >= 0.3 is 29.6 Å². The zero-order valence-electron chi connectivity index (χ0n) is 12.7. The molecule has 2 aromatic rings. The predicted molar refractivity (Wildman–Crippen MR) is 82.3 cm³/mol. The first-order valence-corrected chi connectivity index (χ1v) is 7.66. The van der Waals surface area contributed by atoms with Gasteiger partial charge in [-0.2, -0.15) is 0 Å².